The summed E-state index contributed by atoms with van der Waals surface area (Å²) in [6.07, 6.45) is 0.813. The van der Waals surface area contributed by atoms with Crippen LogP contribution in [0.15, 0.2) is 77.2 Å². The van der Waals surface area contributed by atoms with E-state index in [0.717, 1.165) is 40.0 Å². The van der Waals surface area contributed by atoms with E-state index in [2.05, 4.69) is 25.1 Å². The van der Waals surface area contributed by atoms with Gasteiger partial charge < -0.3 is 28.3 Å². The van der Waals surface area contributed by atoms with E-state index >= 15 is 0 Å². The molecular formula is C32H31NO6. The second-order valence-corrected chi connectivity index (χ2v) is 9.85. The molecule has 2 aliphatic rings. The third-order valence-corrected chi connectivity index (χ3v) is 7.22. The Morgan fingerprint density at radius 1 is 0.974 bits per heavy atom. The molecule has 0 bridgehead atoms. The van der Waals surface area contributed by atoms with E-state index in [9.17, 15) is 4.79 Å². The molecule has 0 N–H and O–H groups in total. The fraction of sp³-hybridized carbons (Fsp3) is 0.281. The molecule has 3 heterocycles. The molecule has 7 nitrogen and oxygen atoms in total. The van der Waals surface area contributed by atoms with Gasteiger partial charge in [-0.15, -0.1) is 0 Å². The fourth-order valence-electron chi connectivity index (χ4n) is 5.10. The van der Waals surface area contributed by atoms with Crippen LogP contribution in [0.4, 0.5) is 0 Å². The van der Waals surface area contributed by atoms with Crippen LogP contribution in [0.3, 0.4) is 0 Å². The van der Waals surface area contributed by atoms with Crippen molar-refractivity contribution in [2.75, 3.05) is 33.5 Å². The van der Waals surface area contributed by atoms with Gasteiger partial charge in [0.05, 0.1) is 33.4 Å². The van der Waals surface area contributed by atoms with Crippen LogP contribution < -0.4 is 14.2 Å². The number of amides is 1. The van der Waals surface area contributed by atoms with E-state index in [1.54, 1.807) is 18.1 Å². The van der Waals surface area contributed by atoms with Crippen LogP contribution in [0.5, 0.6) is 17.2 Å². The van der Waals surface area contributed by atoms with Gasteiger partial charge in [0.1, 0.15) is 24.2 Å². The summed E-state index contributed by atoms with van der Waals surface area (Å²) >= 11 is 0. The standard InChI is InChI=1S/C32H31NO6/c1-21-5-3-4-6-27(21)23-17-24-19-33(14-16-37-31(24)30(18-23)38-26-13-15-36-20-26)32(34)29-12-11-28(39-29)22-7-9-25(35-2)10-8-22/h3-12,17-18,26H,13-16,19-20H2,1-2H3/t26-/m0/s1. The maximum atomic E-state index is 13.6. The van der Waals surface area contributed by atoms with Gasteiger partial charge in [0.25, 0.3) is 5.91 Å². The quantitative estimate of drug-likeness (QED) is 0.302. The molecule has 1 saturated heterocycles. The Morgan fingerprint density at radius 2 is 1.82 bits per heavy atom. The van der Waals surface area contributed by atoms with Crippen LogP contribution >= 0.6 is 0 Å². The molecule has 2 aliphatic heterocycles. The Hall–Kier alpha value is -4.23. The van der Waals surface area contributed by atoms with Crippen LogP contribution in [0.2, 0.25) is 0 Å². The lowest BCUT2D eigenvalue weighted by atomic mass is 9.97. The monoisotopic (exact) mass is 525 g/mol. The zero-order valence-corrected chi connectivity index (χ0v) is 22.1. The van der Waals surface area contributed by atoms with E-state index < -0.39 is 0 Å². The zero-order chi connectivity index (χ0) is 26.8. The van der Waals surface area contributed by atoms with Gasteiger partial charge in [0, 0.05) is 17.5 Å². The number of benzene rings is 3. The van der Waals surface area contributed by atoms with Crippen LogP contribution in [0.1, 0.15) is 28.1 Å². The second kappa shape index (κ2) is 10.9. The number of methoxy groups -OCH3 is 1. The van der Waals surface area contributed by atoms with E-state index in [-0.39, 0.29) is 12.0 Å². The van der Waals surface area contributed by atoms with Crippen molar-refractivity contribution in [1.82, 2.24) is 4.90 Å². The third kappa shape index (κ3) is 5.22. The normalized spacial score (nSPS) is 16.8. The van der Waals surface area contributed by atoms with Gasteiger partial charge in [-0.25, -0.2) is 0 Å². The maximum absolute atomic E-state index is 13.6. The first kappa shape index (κ1) is 25.1. The number of fused-ring (bicyclic) bond motifs is 1. The van der Waals surface area contributed by atoms with E-state index in [0.29, 0.717) is 55.9 Å². The second-order valence-electron chi connectivity index (χ2n) is 9.85. The van der Waals surface area contributed by atoms with Crippen molar-refractivity contribution in [3.05, 3.63) is 89.7 Å². The average molecular weight is 526 g/mol. The molecule has 3 aromatic carbocycles. The third-order valence-electron chi connectivity index (χ3n) is 7.22. The number of hydrogen-bond acceptors (Lipinski definition) is 6. The van der Waals surface area contributed by atoms with Gasteiger partial charge in [0.15, 0.2) is 17.3 Å². The van der Waals surface area contributed by atoms with Crippen molar-refractivity contribution in [1.29, 1.82) is 0 Å². The maximum Gasteiger partial charge on any atom is 0.290 e. The highest BCUT2D eigenvalue weighted by Crippen LogP contribution is 2.40. The summed E-state index contributed by atoms with van der Waals surface area (Å²) < 4.78 is 29.4. The minimum absolute atomic E-state index is 0.0229. The van der Waals surface area contributed by atoms with E-state index in [1.807, 2.05) is 48.5 Å². The van der Waals surface area contributed by atoms with Crippen LogP contribution in [0.25, 0.3) is 22.5 Å². The largest absolute Gasteiger partial charge is 0.497 e. The van der Waals surface area contributed by atoms with Gasteiger partial charge in [-0.3, -0.25) is 4.79 Å². The Labute approximate surface area is 227 Å². The number of furan rings is 1. The Balaban J connectivity index is 1.31. The molecule has 1 atom stereocenters. The molecule has 7 heteroatoms. The number of aryl methyl sites for hydroxylation is 1. The lowest BCUT2D eigenvalue weighted by Gasteiger charge is -2.21. The summed E-state index contributed by atoms with van der Waals surface area (Å²) in [6, 6.07) is 23.5. The Bertz CT molecular complexity index is 1470. The minimum atomic E-state index is -0.181. The molecule has 200 valence electrons. The molecule has 1 amide bonds. The van der Waals surface area contributed by atoms with Gasteiger partial charge >= 0.3 is 0 Å². The number of hydrogen-bond donors (Lipinski definition) is 0. The Kier molecular flexibility index (Phi) is 6.99. The van der Waals surface area contributed by atoms with Crippen LogP contribution in [-0.4, -0.2) is 50.4 Å². The number of ether oxygens (including phenoxy) is 4. The molecule has 1 fully saturated rings. The molecule has 6 rings (SSSR count). The van der Waals surface area contributed by atoms with E-state index in [4.69, 9.17) is 23.4 Å². The van der Waals surface area contributed by atoms with Crippen molar-refractivity contribution >= 4 is 5.91 Å². The first-order valence-electron chi connectivity index (χ1n) is 13.2. The summed E-state index contributed by atoms with van der Waals surface area (Å²) in [5.41, 5.74) is 5.08. The van der Waals surface area contributed by atoms with Crippen molar-refractivity contribution in [2.24, 2.45) is 0 Å². The SMILES string of the molecule is COc1ccc(-c2ccc(C(=O)N3CCOc4c(cc(-c5ccccc5C)cc4O[C@H]4CCOC4)C3)o2)cc1. The summed E-state index contributed by atoms with van der Waals surface area (Å²) in [5.74, 6) is 2.88. The highest BCUT2D eigenvalue weighted by Gasteiger charge is 2.28. The topological polar surface area (TPSA) is 70.4 Å². The summed E-state index contributed by atoms with van der Waals surface area (Å²) in [7, 11) is 1.63. The molecule has 0 radical (unpaired) electrons. The molecule has 0 saturated carbocycles. The smallest absolute Gasteiger partial charge is 0.290 e. The number of nitrogens with zero attached hydrogens (tertiary/aromatic N) is 1. The molecule has 4 aromatic rings. The van der Waals surface area contributed by atoms with Crippen molar-refractivity contribution in [3.63, 3.8) is 0 Å². The highest BCUT2D eigenvalue weighted by molar-refractivity contribution is 5.92. The molecule has 0 spiro atoms. The van der Waals surface area contributed by atoms with Gasteiger partial charge in [0.2, 0.25) is 0 Å². The predicted molar refractivity (Wildman–Crippen MR) is 147 cm³/mol. The lowest BCUT2D eigenvalue weighted by Crippen LogP contribution is -2.32. The van der Waals surface area contributed by atoms with E-state index in [1.165, 1.54) is 0 Å². The number of rotatable bonds is 6. The molecular weight excluding hydrogens is 494 g/mol. The van der Waals surface area contributed by atoms with Gasteiger partial charge in [-0.1, -0.05) is 24.3 Å². The molecule has 0 aliphatic carbocycles. The first-order chi connectivity index (χ1) is 19.1. The molecule has 39 heavy (non-hydrogen) atoms. The number of carbonyl (C=O) groups excluding carboxylic acids is 1. The lowest BCUT2D eigenvalue weighted by molar-refractivity contribution is 0.0701. The summed E-state index contributed by atoms with van der Waals surface area (Å²) in [4.78, 5) is 15.4. The zero-order valence-electron chi connectivity index (χ0n) is 22.1. The van der Waals surface area contributed by atoms with Crippen molar-refractivity contribution in [2.45, 2.75) is 26.0 Å². The van der Waals surface area contributed by atoms with Crippen molar-refractivity contribution in [3.8, 4) is 39.7 Å². The predicted octanol–water partition coefficient (Wildman–Crippen LogP) is 6.13. The van der Waals surface area contributed by atoms with Gasteiger partial charge in [-0.2, -0.15) is 0 Å². The molecule has 0 unspecified atom stereocenters. The summed E-state index contributed by atoms with van der Waals surface area (Å²) in [6.45, 7) is 4.50. The number of carbonyl (C=O) groups is 1. The first-order valence-corrected chi connectivity index (χ1v) is 13.2. The van der Waals surface area contributed by atoms with Crippen LogP contribution in [-0.2, 0) is 11.3 Å². The fourth-order valence-corrected chi connectivity index (χ4v) is 5.10. The van der Waals surface area contributed by atoms with Crippen LogP contribution in [0, 0.1) is 6.92 Å². The van der Waals surface area contributed by atoms with Gasteiger partial charge in [-0.05, 0) is 72.1 Å². The van der Waals surface area contributed by atoms with Crippen molar-refractivity contribution < 1.29 is 28.2 Å². The highest BCUT2D eigenvalue weighted by atomic mass is 16.6. The molecule has 1 aromatic heterocycles. The Morgan fingerprint density at radius 3 is 2.59 bits per heavy atom. The summed E-state index contributed by atoms with van der Waals surface area (Å²) in [5, 5.41) is 0. The average Bonchev–Trinajstić information content (AvgIpc) is 3.62. The minimum Gasteiger partial charge on any atom is -0.497 e.